The SMILES string of the molecule is COc1ccccc1C(=O)NCC(=O)OCC(=O)c1ccc2c(c1)OCCCO2. The summed E-state index contributed by atoms with van der Waals surface area (Å²) in [6, 6.07) is 11.4. The Labute approximate surface area is 167 Å². The van der Waals surface area contributed by atoms with Gasteiger partial charge in [-0.1, -0.05) is 12.1 Å². The topological polar surface area (TPSA) is 100 Å². The van der Waals surface area contributed by atoms with E-state index in [0.717, 1.165) is 6.42 Å². The number of nitrogens with one attached hydrogen (secondary N) is 1. The first kappa shape index (κ1) is 20.2. The van der Waals surface area contributed by atoms with Crippen LogP contribution >= 0.6 is 0 Å². The van der Waals surface area contributed by atoms with E-state index in [0.29, 0.717) is 41.6 Å². The molecule has 0 atom stereocenters. The Kier molecular flexibility index (Phi) is 6.67. The predicted molar refractivity (Wildman–Crippen MR) is 103 cm³/mol. The second-order valence-electron chi connectivity index (χ2n) is 6.18. The second kappa shape index (κ2) is 9.59. The van der Waals surface area contributed by atoms with Crippen LogP contribution < -0.4 is 19.5 Å². The molecule has 0 spiro atoms. The van der Waals surface area contributed by atoms with E-state index < -0.39 is 18.5 Å². The predicted octanol–water partition coefficient (Wildman–Crippen LogP) is 2.01. The van der Waals surface area contributed by atoms with Crippen molar-refractivity contribution in [3.05, 3.63) is 53.6 Å². The number of Topliss-reactive ketones (excluding diaryl/α,β-unsaturated/α-hetero) is 1. The van der Waals surface area contributed by atoms with Crippen molar-refractivity contribution in [1.29, 1.82) is 0 Å². The molecule has 1 aliphatic rings. The zero-order valence-electron chi connectivity index (χ0n) is 15.9. The molecule has 0 bridgehead atoms. The molecule has 1 heterocycles. The highest BCUT2D eigenvalue weighted by molar-refractivity contribution is 6.00. The number of amides is 1. The van der Waals surface area contributed by atoms with Crippen LogP contribution in [0.3, 0.4) is 0 Å². The van der Waals surface area contributed by atoms with E-state index in [1.807, 2.05) is 0 Å². The molecule has 0 unspecified atom stereocenters. The minimum atomic E-state index is -0.726. The van der Waals surface area contributed by atoms with Crippen molar-refractivity contribution in [3.8, 4) is 17.2 Å². The maximum atomic E-state index is 12.3. The van der Waals surface area contributed by atoms with Crippen molar-refractivity contribution in [2.24, 2.45) is 0 Å². The van der Waals surface area contributed by atoms with Gasteiger partial charge in [0.1, 0.15) is 12.3 Å². The Hall–Kier alpha value is -3.55. The maximum absolute atomic E-state index is 12.3. The van der Waals surface area contributed by atoms with E-state index in [1.165, 1.54) is 7.11 Å². The average Bonchev–Trinajstić information content (AvgIpc) is 3.00. The first-order valence-corrected chi connectivity index (χ1v) is 9.08. The van der Waals surface area contributed by atoms with Gasteiger partial charge in [-0.3, -0.25) is 14.4 Å². The Balaban J connectivity index is 1.50. The van der Waals surface area contributed by atoms with Gasteiger partial charge in [-0.2, -0.15) is 0 Å². The molecule has 0 fully saturated rings. The molecule has 0 radical (unpaired) electrons. The van der Waals surface area contributed by atoms with Crippen molar-refractivity contribution in [2.45, 2.75) is 6.42 Å². The molecule has 152 valence electrons. The monoisotopic (exact) mass is 399 g/mol. The summed E-state index contributed by atoms with van der Waals surface area (Å²) in [7, 11) is 1.45. The van der Waals surface area contributed by atoms with Crippen LogP contribution in [0.25, 0.3) is 0 Å². The lowest BCUT2D eigenvalue weighted by Gasteiger charge is -2.10. The standard InChI is InChI=1S/C21H21NO7/c1-26-17-6-3-2-5-15(17)21(25)22-12-20(24)29-13-16(23)14-7-8-18-19(11-14)28-10-4-9-27-18/h2-3,5-8,11H,4,9-10,12-13H2,1H3,(H,22,25). The lowest BCUT2D eigenvalue weighted by molar-refractivity contribution is -0.141. The zero-order chi connectivity index (χ0) is 20.6. The Morgan fingerprint density at radius 2 is 1.79 bits per heavy atom. The average molecular weight is 399 g/mol. The third kappa shape index (κ3) is 5.25. The number of benzene rings is 2. The summed E-state index contributed by atoms with van der Waals surface area (Å²) in [6.07, 6.45) is 0.760. The fraction of sp³-hybridized carbons (Fsp3) is 0.286. The number of ether oxygens (including phenoxy) is 4. The highest BCUT2D eigenvalue weighted by Gasteiger charge is 2.17. The lowest BCUT2D eigenvalue weighted by atomic mass is 10.1. The molecule has 0 aromatic heterocycles. The summed E-state index contributed by atoms with van der Waals surface area (Å²) >= 11 is 0. The van der Waals surface area contributed by atoms with Gasteiger partial charge in [-0.05, 0) is 30.3 Å². The van der Waals surface area contributed by atoms with Crippen LogP contribution in [-0.2, 0) is 9.53 Å². The number of hydrogen-bond acceptors (Lipinski definition) is 7. The van der Waals surface area contributed by atoms with Crippen LogP contribution in [0.4, 0.5) is 0 Å². The van der Waals surface area contributed by atoms with Gasteiger partial charge in [-0.25, -0.2) is 0 Å². The first-order valence-electron chi connectivity index (χ1n) is 9.08. The Morgan fingerprint density at radius 1 is 1.03 bits per heavy atom. The minimum absolute atomic E-state index is 0.297. The molecule has 1 amide bonds. The third-order valence-electron chi connectivity index (χ3n) is 4.18. The van der Waals surface area contributed by atoms with Crippen LogP contribution in [0, 0.1) is 0 Å². The summed E-state index contributed by atoms with van der Waals surface area (Å²) in [5.74, 6) is -0.128. The van der Waals surface area contributed by atoms with Crippen molar-refractivity contribution in [3.63, 3.8) is 0 Å². The van der Waals surface area contributed by atoms with E-state index in [4.69, 9.17) is 18.9 Å². The van der Waals surface area contributed by atoms with Crippen molar-refractivity contribution in [2.75, 3.05) is 33.5 Å². The summed E-state index contributed by atoms with van der Waals surface area (Å²) in [6.45, 7) is 0.248. The molecule has 8 nitrogen and oxygen atoms in total. The molecule has 0 saturated heterocycles. The number of carbonyl (C=O) groups is 3. The largest absolute Gasteiger partial charge is 0.496 e. The molecular formula is C21H21NO7. The first-order chi connectivity index (χ1) is 14.1. The maximum Gasteiger partial charge on any atom is 0.325 e. The Bertz CT molecular complexity index is 910. The van der Waals surface area contributed by atoms with Crippen LogP contribution in [0.5, 0.6) is 17.2 Å². The fourth-order valence-corrected chi connectivity index (χ4v) is 2.70. The highest BCUT2D eigenvalue weighted by Crippen LogP contribution is 2.30. The number of carbonyl (C=O) groups excluding carboxylic acids is 3. The van der Waals surface area contributed by atoms with Crippen molar-refractivity contribution < 1.29 is 33.3 Å². The van der Waals surface area contributed by atoms with Gasteiger partial charge >= 0.3 is 5.97 Å². The fourth-order valence-electron chi connectivity index (χ4n) is 2.70. The van der Waals surface area contributed by atoms with Gasteiger partial charge in [0.15, 0.2) is 23.9 Å². The molecule has 3 rings (SSSR count). The minimum Gasteiger partial charge on any atom is -0.496 e. The molecule has 1 aliphatic heterocycles. The van der Waals surface area contributed by atoms with Crippen LogP contribution in [0.1, 0.15) is 27.1 Å². The summed E-state index contributed by atoms with van der Waals surface area (Å²) < 4.78 is 21.1. The molecule has 0 aliphatic carbocycles. The number of hydrogen-bond donors (Lipinski definition) is 1. The summed E-state index contributed by atoms with van der Waals surface area (Å²) in [4.78, 5) is 36.3. The van der Waals surface area contributed by atoms with Gasteiger partial charge in [0, 0.05) is 12.0 Å². The number of rotatable bonds is 7. The molecule has 8 heteroatoms. The molecule has 1 N–H and O–H groups in total. The van der Waals surface area contributed by atoms with Gasteiger partial charge in [-0.15, -0.1) is 0 Å². The lowest BCUT2D eigenvalue weighted by Crippen LogP contribution is -2.31. The van der Waals surface area contributed by atoms with E-state index in [2.05, 4.69) is 5.32 Å². The van der Waals surface area contributed by atoms with E-state index in [-0.39, 0.29) is 12.3 Å². The molecule has 2 aromatic carbocycles. The van der Waals surface area contributed by atoms with Crippen LogP contribution in [0.15, 0.2) is 42.5 Å². The molecule has 29 heavy (non-hydrogen) atoms. The van der Waals surface area contributed by atoms with Gasteiger partial charge < -0.3 is 24.3 Å². The van der Waals surface area contributed by atoms with E-state index in [9.17, 15) is 14.4 Å². The number of ketones is 1. The van der Waals surface area contributed by atoms with Crippen LogP contribution in [0.2, 0.25) is 0 Å². The smallest absolute Gasteiger partial charge is 0.325 e. The van der Waals surface area contributed by atoms with Crippen LogP contribution in [-0.4, -0.2) is 51.1 Å². The van der Waals surface area contributed by atoms with Gasteiger partial charge in [0.25, 0.3) is 5.91 Å². The molecule has 2 aromatic rings. The zero-order valence-corrected chi connectivity index (χ0v) is 15.9. The normalized spacial score (nSPS) is 12.4. The summed E-state index contributed by atoms with van der Waals surface area (Å²) in [5.41, 5.74) is 0.645. The quantitative estimate of drug-likeness (QED) is 0.561. The van der Waals surface area contributed by atoms with Crippen molar-refractivity contribution >= 4 is 17.7 Å². The molecule has 0 saturated carbocycles. The number of fused-ring (bicyclic) bond motifs is 1. The molecular weight excluding hydrogens is 378 g/mol. The second-order valence-corrected chi connectivity index (χ2v) is 6.18. The van der Waals surface area contributed by atoms with Gasteiger partial charge in [0.2, 0.25) is 0 Å². The Morgan fingerprint density at radius 3 is 2.59 bits per heavy atom. The van der Waals surface area contributed by atoms with E-state index >= 15 is 0 Å². The highest BCUT2D eigenvalue weighted by atomic mass is 16.5. The number of esters is 1. The number of para-hydroxylation sites is 1. The number of methoxy groups -OCH3 is 1. The van der Waals surface area contributed by atoms with Crippen molar-refractivity contribution in [1.82, 2.24) is 5.32 Å². The van der Waals surface area contributed by atoms with Gasteiger partial charge in [0.05, 0.1) is 25.9 Å². The third-order valence-corrected chi connectivity index (χ3v) is 4.18. The summed E-state index contributed by atoms with van der Waals surface area (Å²) in [5, 5.41) is 2.44. The van der Waals surface area contributed by atoms with E-state index in [1.54, 1.807) is 42.5 Å².